The van der Waals surface area contributed by atoms with Crippen LogP contribution in [0.3, 0.4) is 0 Å². The van der Waals surface area contributed by atoms with Gasteiger partial charge in [0, 0.05) is 6.07 Å². The molecule has 1 N–H and O–H groups in total. The Kier molecular flexibility index (Phi) is 2.62. The first-order valence-electron chi connectivity index (χ1n) is 4.05. The van der Waals surface area contributed by atoms with Crippen LogP contribution in [0.15, 0.2) is 21.5 Å². The average molecular weight is 290 g/mol. The van der Waals surface area contributed by atoms with E-state index in [-0.39, 0.29) is 16.4 Å². The van der Waals surface area contributed by atoms with Crippen molar-refractivity contribution in [3.8, 4) is 5.82 Å². The maximum atomic E-state index is 11.6. The van der Waals surface area contributed by atoms with Crippen LogP contribution in [0.4, 0.5) is 0 Å². The highest BCUT2D eigenvalue weighted by molar-refractivity contribution is 9.10. The van der Waals surface area contributed by atoms with E-state index in [1.165, 1.54) is 10.7 Å². The first kappa shape index (κ1) is 10.4. The van der Waals surface area contributed by atoms with E-state index in [1.807, 2.05) is 6.92 Å². The monoisotopic (exact) mass is 288 g/mol. The number of hydrogen-bond donors (Lipinski definition) is 1. The summed E-state index contributed by atoms with van der Waals surface area (Å²) in [6, 6.07) is 1.26. The molecule has 0 unspecified atom stereocenters. The fourth-order valence-electron chi connectivity index (χ4n) is 1.13. The third-order valence-corrected chi connectivity index (χ3v) is 2.87. The lowest BCUT2D eigenvalue weighted by Crippen LogP contribution is -2.16. The lowest BCUT2D eigenvalue weighted by molar-refractivity contribution is 0.781. The van der Waals surface area contributed by atoms with Gasteiger partial charge in [-0.25, -0.2) is 4.68 Å². The van der Waals surface area contributed by atoms with E-state index < -0.39 is 0 Å². The Labute approximate surface area is 98.2 Å². The highest BCUT2D eigenvalue weighted by atomic mass is 79.9. The normalized spacial score (nSPS) is 10.6. The largest absolute Gasteiger partial charge is 0.286 e. The second-order valence-electron chi connectivity index (χ2n) is 2.89. The summed E-state index contributed by atoms with van der Waals surface area (Å²) < 4.78 is 2.26. The second kappa shape index (κ2) is 3.79. The first-order chi connectivity index (χ1) is 7.09. The molecule has 2 aromatic rings. The Balaban J connectivity index is 2.65. The topological polar surface area (TPSA) is 63.6 Å². The summed E-state index contributed by atoms with van der Waals surface area (Å²) in [5, 5.41) is 10.6. The SMILES string of the molecule is Cc1c(Br)cnn1-c1n[nH]c(Cl)cc1=O. The van der Waals surface area contributed by atoms with E-state index in [4.69, 9.17) is 11.6 Å². The van der Waals surface area contributed by atoms with Crippen molar-refractivity contribution >= 4 is 27.5 Å². The zero-order valence-corrected chi connectivity index (χ0v) is 10.0. The van der Waals surface area contributed by atoms with Crippen LogP contribution in [-0.2, 0) is 0 Å². The number of aromatic amines is 1. The number of hydrogen-bond acceptors (Lipinski definition) is 3. The molecule has 5 nitrogen and oxygen atoms in total. The van der Waals surface area contributed by atoms with Gasteiger partial charge < -0.3 is 0 Å². The molecule has 0 radical (unpaired) electrons. The molecule has 0 aromatic carbocycles. The molecular formula is C8H6BrClN4O. The summed E-state index contributed by atoms with van der Waals surface area (Å²) in [4.78, 5) is 11.6. The van der Waals surface area contributed by atoms with Gasteiger partial charge in [0.1, 0.15) is 5.15 Å². The highest BCUT2D eigenvalue weighted by Crippen LogP contribution is 2.15. The molecule has 2 heterocycles. The number of nitrogens with zero attached hydrogens (tertiary/aromatic N) is 3. The zero-order valence-electron chi connectivity index (χ0n) is 7.66. The fraction of sp³-hybridized carbons (Fsp3) is 0.125. The third kappa shape index (κ3) is 1.82. The van der Waals surface area contributed by atoms with Crippen LogP contribution in [-0.4, -0.2) is 20.0 Å². The van der Waals surface area contributed by atoms with Crippen molar-refractivity contribution in [2.75, 3.05) is 0 Å². The van der Waals surface area contributed by atoms with Gasteiger partial charge in [0.05, 0.1) is 16.4 Å². The zero-order chi connectivity index (χ0) is 11.0. The molecule has 0 saturated heterocycles. The van der Waals surface area contributed by atoms with E-state index in [0.29, 0.717) is 0 Å². The molecular weight excluding hydrogens is 283 g/mol. The minimum absolute atomic E-state index is 0.197. The quantitative estimate of drug-likeness (QED) is 0.869. The lowest BCUT2D eigenvalue weighted by atomic mass is 10.4. The molecule has 0 fully saturated rings. The number of rotatable bonds is 1. The maximum Gasteiger partial charge on any atom is 0.227 e. The standard InChI is InChI=1S/C8H6BrClN4O/c1-4-5(9)3-11-14(4)8-6(15)2-7(10)12-13-8/h2-3H,1H3,(H,12,15). The molecule has 7 heteroatoms. The predicted molar refractivity (Wildman–Crippen MR) is 59.4 cm³/mol. The number of nitrogens with one attached hydrogen (secondary N) is 1. The minimum Gasteiger partial charge on any atom is -0.286 e. The summed E-state index contributed by atoms with van der Waals surface area (Å²) in [5.41, 5.74) is 0.521. The number of halogens is 2. The summed E-state index contributed by atoms with van der Waals surface area (Å²) in [5.74, 6) is 0.197. The van der Waals surface area contributed by atoms with E-state index >= 15 is 0 Å². The smallest absolute Gasteiger partial charge is 0.227 e. The van der Waals surface area contributed by atoms with Crippen LogP contribution in [0.2, 0.25) is 5.15 Å². The van der Waals surface area contributed by atoms with E-state index in [2.05, 4.69) is 31.2 Å². The van der Waals surface area contributed by atoms with E-state index in [0.717, 1.165) is 10.2 Å². The van der Waals surface area contributed by atoms with Crippen LogP contribution in [0.1, 0.15) is 5.69 Å². The summed E-state index contributed by atoms with van der Waals surface area (Å²) in [6.45, 7) is 1.83. The number of H-pyrrole nitrogens is 1. The molecule has 0 aliphatic rings. The molecule has 0 saturated carbocycles. The van der Waals surface area contributed by atoms with Crippen LogP contribution in [0.25, 0.3) is 5.82 Å². The third-order valence-electron chi connectivity index (χ3n) is 1.90. The van der Waals surface area contributed by atoms with Gasteiger partial charge in [0.2, 0.25) is 11.2 Å². The van der Waals surface area contributed by atoms with Gasteiger partial charge in [-0.15, -0.1) is 0 Å². The Morgan fingerprint density at radius 2 is 2.33 bits per heavy atom. The van der Waals surface area contributed by atoms with Gasteiger partial charge in [-0.2, -0.15) is 10.2 Å². The van der Waals surface area contributed by atoms with Gasteiger partial charge in [-0.05, 0) is 22.9 Å². The van der Waals surface area contributed by atoms with Crippen LogP contribution < -0.4 is 5.43 Å². The molecule has 15 heavy (non-hydrogen) atoms. The molecule has 0 bridgehead atoms. The molecule has 2 aromatic heterocycles. The van der Waals surface area contributed by atoms with Crippen LogP contribution in [0, 0.1) is 6.92 Å². The van der Waals surface area contributed by atoms with Crippen molar-refractivity contribution in [3.05, 3.63) is 37.8 Å². The molecule has 0 aliphatic carbocycles. The summed E-state index contributed by atoms with van der Waals surface area (Å²) in [7, 11) is 0. The van der Waals surface area contributed by atoms with Gasteiger partial charge >= 0.3 is 0 Å². The molecule has 0 amide bonds. The fourth-order valence-corrected chi connectivity index (χ4v) is 1.53. The molecule has 0 spiro atoms. The first-order valence-corrected chi connectivity index (χ1v) is 5.22. The van der Waals surface area contributed by atoms with Crippen molar-refractivity contribution in [1.82, 2.24) is 20.0 Å². The van der Waals surface area contributed by atoms with Crippen molar-refractivity contribution in [3.63, 3.8) is 0 Å². The Morgan fingerprint density at radius 3 is 2.87 bits per heavy atom. The van der Waals surface area contributed by atoms with Crippen LogP contribution >= 0.6 is 27.5 Å². The highest BCUT2D eigenvalue weighted by Gasteiger charge is 2.10. The lowest BCUT2D eigenvalue weighted by Gasteiger charge is -2.01. The van der Waals surface area contributed by atoms with Crippen molar-refractivity contribution in [2.45, 2.75) is 6.92 Å². The minimum atomic E-state index is -0.280. The van der Waals surface area contributed by atoms with Gasteiger partial charge in [-0.1, -0.05) is 11.6 Å². The second-order valence-corrected chi connectivity index (χ2v) is 4.15. The van der Waals surface area contributed by atoms with Crippen molar-refractivity contribution in [2.24, 2.45) is 0 Å². The summed E-state index contributed by atoms with van der Waals surface area (Å²) in [6.07, 6.45) is 1.60. The average Bonchev–Trinajstić information content (AvgIpc) is 2.49. The van der Waals surface area contributed by atoms with E-state index in [9.17, 15) is 4.79 Å². The van der Waals surface area contributed by atoms with Gasteiger partial charge in [-0.3, -0.25) is 9.89 Å². The van der Waals surface area contributed by atoms with E-state index in [1.54, 1.807) is 6.20 Å². The maximum absolute atomic E-state index is 11.6. The predicted octanol–water partition coefficient (Wildman–Crippen LogP) is 1.68. The molecule has 2 rings (SSSR count). The molecule has 78 valence electrons. The molecule has 0 aliphatic heterocycles. The van der Waals surface area contributed by atoms with Crippen molar-refractivity contribution < 1.29 is 0 Å². The Hall–Kier alpha value is -1.14. The molecule has 0 atom stereocenters. The number of aromatic nitrogens is 4. The van der Waals surface area contributed by atoms with Crippen LogP contribution in [0.5, 0.6) is 0 Å². The van der Waals surface area contributed by atoms with Crippen molar-refractivity contribution in [1.29, 1.82) is 0 Å². The van der Waals surface area contributed by atoms with Gasteiger partial charge in [0.15, 0.2) is 0 Å². The summed E-state index contributed by atoms with van der Waals surface area (Å²) >= 11 is 8.90. The van der Waals surface area contributed by atoms with Gasteiger partial charge in [0.25, 0.3) is 0 Å². The Morgan fingerprint density at radius 1 is 1.60 bits per heavy atom. The Bertz CT molecular complexity index is 562.